The Kier molecular flexibility index (Phi) is 4.17. The summed E-state index contributed by atoms with van der Waals surface area (Å²) < 4.78 is 32.0. The molecule has 7 nitrogen and oxygen atoms in total. The van der Waals surface area contributed by atoms with Crippen molar-refractivity contribution in [1.29, 1.82) is 0 Å². The molecule has 0 amide bonds. The number of aryl methyl sites for hydroxylation is 1. The first kappa shape index (κ1) is 14.6. The molecule has 2 heterocycles. The van der Waals surface area contributed by atoms with Crippen LogP contribution in [-0.4, -0.2) is 18.4 Å². The highest BCUT2D eigenvalue weighted by Gasteiger charge is 2.22. The van der Waals surface area contributed by atoms with Gasteiger partial charge in [0.2, 0.25) is 5.89 Å². The highest BCUT2D eigenvalue weighted by Crippen LogP contribution is 2.15. The lowest BCUT2D eigenvalue weighted by Crippen LogP contribution is -2.27. The Morgan fingerprint density at radius 2 is 2.10 bits per heavy atom. The third-order valence-electron chi connectivity index (χ3n) is 2.65. The Hall–Kier alpha value is -1.77. The minimum atomic E-state index is -3.73. The van der Waals surface area contributed by atoms with Gasteiger partial charge in [-0.2, -0.15) is 4.72 Å². The fourth-order valence-corrected chi connectivity index (χ4v) is 2.73. The molecule has 20 heavy (non-hydrogen) atoms. The summed E-state index contributed by atoms with van der Waals surface area (Å²) in [5.74, 6) is 0.932. The van der Waals surface area contributed by atoms with Gasteiger partial charge in [0.25, 0.3) is 10.0 Å². The number of aromatic nitrogens is 2. The van der Waals surface area contributed by atoms with E-state index in [1.807, 2.05) is 0 Å². The highest BCUT2D eigenvalue weighted by atomic mass is 32.2. The minimum absolute atomic E-state index is 0.0650. The topological polar surface area (TPSA) is 111 Å². The molecule has 0 aliphatic carbocycles. The van der Waals surface area contributed by atoms with E-state index in [-0.39, 0.29) is 5.03 Å². The molecule has 0 aliphatic rings. The van der Waals surface area contributed by atoms with Crippen LogP contribution < -0.4 is 10.5 Å². The maximum Gasteiger partial charge on any atom is 0.258 e. The lowest BCUT2D eigenvalue weighted by Gasteiger charge is -2.10. The molecule has 2 aromatic rings. The van der Waals surface area contributed by atoms with Crippen molar-refractivity contribution in [2.24, 2.45) is 5.73 Å². The molecule has 0 aromatic carbocycles. The molecule has 1 atom stereocenters. The first-order chi connectivity index (χ1) is 9.42. The van der Waals surface area contributed by atoms with E-state index in [4.69, 9.17) is 10.2 Å². The van der Waals surface area contributed by atoms with Gasteiger partial charge in [0.1, 0.15) is 5.76 Å². The Bertz CT molecular complexity index is 679. The van der Waals surface area contributed by atoms with Crippen LogP contribution in [0.25, 0.3) is 0 Å². The number of nitrogens with zero attached hydrogens (tertiary/aromatic N) is 2. The molecule has 0 radical (unpaired) electrons. The minimum Gasteiger partial charge on any atom is -0.444 e. The van der Waals surface area contributed by atoms with Crippen LogP contribution >= 0.6 is 0 Å². The monoisotopic (exact) mass is 296 g/mol. The van der Waals surface area contributed by atoms with Crippen LogP contribution in [0, 0.1) is 6.92 Å². The second kappa shape index (κ2) is 5.70. The van der Waals surface area contributed by atoms with Crippen molar-refractivity contribution in [1.82, 2.24) is 14.7 Å². The lowest BCUT2D eigenvalue weighted by molar-refractivity contribution is 0.427. The summed E-state index contributed by atoms with van der Waals surface area (Å²) in [7, 11) is -3.73. The summed E-state index contributed by atoms with van der Waals surface area (Å²) in [6.45, 7) is 3.70. The summed E-state index contributed by atoms with van der Waals surface area (Å²) in [6.07, 6.45) is 2.98. The fraction of sp³-hybridized carbons (Fsp3) is 0.333. The van der Waals surface area contributed by atoms with Crippen LogP contribution in [0.15, 0.2) is 34.0 Å². The van der Waals surface area contributed by atoms with E-state index in [2.05, 4.69) is 14.7 Å². The van der Waals surface area contributed by atoms with Crippen molar-refractivity contribution in [2.45, 2.75) is 31.5 Å². The standard InChI is InChI=1S/C12H16N4O3S/c1-8-6-15-12(19-8)9(2)16-20(17,18)11-4-3-10(5-13)7-14-11/h3-4,6-7,9,16H,5,13H2,1-2H3. The van der Waals surface area contributed by atoms with Crippen LogP contribution in [0.1, 0.15) is 30.2 Å². The maximum atomic E-state index is 12.1. The van der Waals surface area contributed by atoms with E-state index in [1.54, 1.807) is 19.9 Å². The average molecular weight is 296 g/mol. The first-order valence-electron chi connectivity index (χ1n) is 6.02. The summed E-state index contributed by atoms with van der Waals surface area (Å²) in [4.78, 5) is 7.88. The summed E-state index contributed by atoms with van der Waals surface area (Å²) in [5, 5.41) is -0.0650. The Morgan fingerprint density at radius 1 is 1.35 bits per heavy atom. The number of pyridine rings is 1. The average Bonchev–Trinajstić information content (AvgIpc) is 2.85. The normalized spacial score (nSPS) is 13.3. The molecular weight excluding hydrogens is 280 g/mol. The molecular formula is C12H16N4O3S. The van der Waals surface area contributed by atoms with Crippen molar-refractivity contribution in [2.75, 3.05) is 0 Å². The molecule has 1 unspecified atom stereocenters. The zero-order valence-electron chi connectivity index (χ0n) is 11.2. The molecule has 2 rings (SSSR count). The molecule has 2 aromatic heterocycles. The quantitative estimate of drug-likeness (QED) is 0.847. The van der Waals surface area contributed by atoms with E-state index in [0.717, 1.165) is 5.56 Å². The van der Waals surface area contributed by atoms with E-state index < -0.39 is 16.1 Å². The molecule has 8 heteroatoms. The SMILES string of the molecule is Cc1cnc(C(C)NS(=O)(=O)c2ccc(CN)cn2)o1. The largest absolute Gasteiger partial charge is 0.444 e. The first-order valence-corrected chi connectivity index (χ1v) is 7.50. The molecule has 0 spiro atoms. The number of nitrogens with one attached hydrogen (secondary N) is 1. The van der Waals surface area contributed by atoms with Gasteiger partial charge in [-0.25, -0.2) is 18.4 Å². The van der Waals surface area contributed by atoms with Crippen LogP contribution in [-0.2, 0) is 16.6 Å². The van der Waals surface area contributed by atoms with Gasteiger partial charge >= 0.3 is 0 Å². The molecule has 0 bridgehead atoms. The van der Waals surface area contributed by atoms with Crippen molar-refractivity contribution in [3.63, 3.8) is 0 Å². The third-order valence-corrected chi connectivity index (χ3v) is 4.11. The van der Waals surface area contributed by atoms with E-state index in [9.17, 15) is 8.42 Å². The lowest BCUT2D eigenvalue weighted by atomic mass is 10.3. The molecule has 0 aliphatic heterocycles. The van der Waals surface area contributed by atoms with Crippen molar-refractivity contribution >= 4 is 10.0 Å². The second-order valence-electron chi connectivity index (χ2n) is 4.36. The summed E-state index contributed by atoms with van der Waals surface area (Å²) >= 11 is 0. The molecule has 0 fully saturated rings. The number of sulfonamides is 1. The van der Waals surface area contributed by atoms with Gasteiger partial charge < -0.3 is 10.2 Å². The van der Waals surface area contributed by atoms with Crippen molar-refractivity contribution in [3.05, 3.63) is 41.7 Å². The zero-order chi connectivity index (χ0) is 14.8. The number of hydrogen-bond donors (Lipinski definition) is 2. The predicted molar refractivity (Wildman–Crippen MR) is 72.1 cm³/mol. The van der Waals surface area contributed by atoms with Gasteiger partial charge in [0.05, 0.1) is 12.2 Å². The van der Waals surface area contributed by atoms with Gasteiger partial charge in [-0.1, -0.05) is 6.07 Å². The molecule has 0 saturated carbocycles. The van der Waals surface area contributed by atoms with Crippen molar-refractivity contribution < 1.29 is 12.8 Å². The molecule has 0 saturated heterocycles. The number of nitrogens with two attached hydrogens (primary N) is 1. The van der Waals surface area contributed by atoms with E-state index in [0.29, 0.717) is 18.2 Å². The maximum absolute atomic E-state index is 12.1. The number of rotatable bonds is 5. The van der Waals surface area contributed by atoms with Gasteiger partial charge in [0.15, 0.2) is 5.03 Å². The van der Waals surface area contributed by atoms with Gasteiger partial charge in [-0.05, 0) is 25.5 Å². The molecule has 3 N–H and O–H groups in total. The van der Waals surface area contributed by atoms with E-state index in [1.165, 1.54) is 18.5 Å². The summed E-state index contributed by atoms with van der Waals surface area (Å²) in [6, 6.07) is 2.46. The summed E-state index contributed by atoms with van der Waals surface area (Å²) in [5.41, 5.74) is 6.21. The fourth-order valence-electron chi connectivity index (χ4n) is 1.61. The Labute approximate surface area is 117 Å². The predicted octanol–water partition coefficient (Wildman–Crippen LogP) is 0.876. The van der Waals surface area contributed by atoms with E-state index >= 15 is 0 Å². The second-order valence-corrected chi connectivity index (χ2v) is 6.02. The Morgan fingerprint density at radius 3 is 2.60 bits per heavy atom. The van der Waals surface area contributed by atoms with Crippen LogP contribution in [0.4, 0.5) is 0 Å². The smallest absolute Gasteiger partial charge is 0.258 e. The van der Waals surface area contributed by atoms with Gasteiger partial charge in [-0.3, -0.25) is 0 Å². The van der Waals surface area contributed by atoms with Gasteiger partial charge in [0, 0.05) is 12.7 Å². The zero-order valence-corrected chi connectivity index (χ0v) is 12.0. The third kappa shape index (κ3) is 3.21. The highest BCUT2D eigenvalue weighted by molar-refractivity contribution is 7.89. The van der Waals surface area contributed by atoms with Crippen LogP contribution in [0.5, 0.6) is 0 Å². The van der Waals surface area contributed by atoms with Gasteiger partial charge in [-0.15, -0.1) is 0 Å². The number of hydrogen-bond acceptors (Lipinski definition) is 6. The van der Waals surface area contributed by atoms with Crippen LogP contribution in [0.3, 0.4) is 0 Å². The molecule has 108 valence electrons. The van der Waals surface area contributed by atoms with Crippen molar-refractivity contribution in [3.8, 4) is 0 Å². The number of oxazole rings is 1. The van der Waals surface area contributed by atoms with Crippen LogP contribution in [0.2, 0.25) is 0 Å². The Balaban J connectivity index is 2.17.